The Bertz CT molecular complexity index is 336. The molecule has 1 N–H and O–H groups in total. The number of Topliss-reactive ketones (excluding diaryl/α,β-unsaturated/α-hetero) is 1. The predicted molar refractivity (Wildman–Crippen MR) is 56.2 cm³/mol. The summed E-state index contributed by atoms with van der Waals surface area (Å²) in [6.07, 6.45) is 1.05. The third-order valence-corrected chi connectivity index (χ3v) is 2.60. The van der Waals surface area contributed by atoms with Gasteiger partial charge < -0.3 is 5.11 Å². The van der Waals surface area contributed by atoms with Crippen molar-refractivity contribution >= 4 is 21.7 Å². The zero-order chi connectivity index (χ0) is 10.7. The molecule has 1 unspecified atom stereocenters. The maximum absolute atomic E-state index is 11.7. The summed E-state index contributed by atoms with van der Waals surface area (Å²) in [4.78, 5) is 11.7. The Hall–Kier alpha value is -0.680. The largest absolute Gasteiger partial charge is 0.385 e. The third-order valence-electron chi connectivity index (χ3n) is 2.02. The highest BCUT2D eigenvalue weighted by Crippen LogP contribution is 2.18. The van der Waals surface area contributed by atoms with E-state index in [1.807, 2.05) is 6.92 Å². The van der Waals surface area contributed by atoms with Crippen molar-refractivity contribution in [2.45, 2.75) is 32.9 Å². The van der Waals surface area contributed by atoms with E-state index >= 15 is 0 Å². The van der Waals surface area contributed by atoms with Crippen LogP contribution < -0.4 is 0 Å². The molecular formula is C9H13BrN2O2. The van der Waals surface area contributed by atoms with Crippen LogP contribution in [0.1, 0.15) is 30.8 Å². The molecule has 0 radical (unpaired) electrons. The maximum Gasteiger partial charge on any atom is 0.210 e. The van der Waals surface area contributed by atoms with Crippen molar-refractivity contribution in [1.82, 2.24) is 9.78 Å². The van der Waals surface area contributed by atoms with Crippen molar-refractivity contribution in [1.29, 1.82) is 0 Å². The smallest absolute Gasteiger partial charge is 0.210 e. The van der Waals surface area contributed by atoms with Gasteiger partial charge in [-0.05, 0) is 29.3 Å². The zero-order valence-corrected chi connectivity index (χ0v) is 9.78. The average Bonchev–Trinajstić information content (AvgIpc) is 2.57. The topological polar surface area (TPSA) is 55.1 Å². The Morgan fingerprint density at radius 3 is 2.86 bits per heavy atom. The van der Waals surface area contributed by atoms with Gasteiger partial charge in [0.15, 0.2) is 0 Å². The second-order valence-electron chi connectivity index (χ2n) is 2.95. The Morgan fingerprint density at radius 2 is 2.36 bits per heavy atom. The molecule has 0 aliphatic carbocycles. The first kappa shape index (κ1) is 11.4. The summed E-state index contributed by atoms with van der Waals surface area (Å²) in [5.41, 5.74) is 0.446. The molecule has 0 saturated carbocycles. The number of carbonyl (C=O) groups excluding carboxylic acids is 1. The van der Waals surface area contributed by atoms with E-state index in [0.29, 0.717) is 23.1 Å². The highest BCUT2D eigenvalue weighted by Gasteiger charge is 2.22. The van der Waals surface area contributed by atoms with E-state index in [9.17, 15) is 9.90 Å². The number of nitrogens with zero attached hydrogens (tertiary/aromatic N) is 2. The van der Waals surface area contributed by atoms with Crippen LogP contribution in [0.4, 0.5) is 0 Å². The first-order valence-corrected chi connectivity index (χ1v) is 5.34. The molecule has 4 nitrogen and oxygen atoms in total. The number of aliphatic hydroxyl groups is 1. The number of rotatable bonds is 4. The number of hydrogen-bond donors (Lipinski definition) is 1. The van der Waals surface area contributed by atoms with Crippen molar-refractivity contribution in [3.63, 3.8) is 0 Å². The Balaban J connectivity index is 3.04. The van der Waals surface area contributed by atoms with Crippen LogP contribution in [-0.4, -0.2) is 26.8 Å². The average molecular weight is 261 g/mol. The molecule has 1 aromatic rings. The second-order valence-corrected chi connectivity index (χ2v) is 3.80. The van der Waals surface area contributed by atoms with Gasteiger partial charge in [0.1, 0.15) is 11.8 Å². The summed E-state index contributed by atoms with van der Waals surface area (Å²) in [7, 11) is 0. The lowest BCUT2D eigenvalue weighted by Crippen LogP contribution is -2.23. The van der Waals surface area contributed by atoms with Gasteiger partial charge in [0, 0.05) is 6.54 Å². The van der Waals surface area contributed by atoms with E-state index in [0.717, 1.165) is 0 Å². The molecule has 0 amide bonds. The zero-order valence-electron chi connectivity index (χ0n) is 8.20. The van der Waals surface area contributed by atoms with Crippen LogP contribution in [0, 0.1) is 0 Å². The van der Waals surface area contributed by atoms with E-state index < -0.39 is 6.10 Å². The molecule has 14 heavy (non-hydrogen) atoms. The molecule has 1 heterocycles. The molecule has 1 aromatic heterocycles. The van der Waals surface area contributed by atoms with Gasteiger partial charge in [0.05, 0.1) is 10.7 Å². The molecule has 0 aliphatic rings. The van der Waals surface area contributed by atoms with Gasteiger partial charge in [-0.15, -0.1) is 0 Å². The molecule has 0 spiro atoms. The number of aromatic nitrogens is 2. The molecule has 0 aromatic carbocycles. The van der Waals surface area contributed by atoms with Gasteiger partial charge in [-0.25, -0.2) is 0 Å². The fourth-order valence-electron chi connectivity index (χ4n) is 1.19. The van der Waals surface area contributed by atoms with Crippen molar-refractivity contribution in [2.24, 2.45) is 0 Å². The Labute approximate surface area is 91.1 Å². The van der Waals surface area contributed by atoms with E-state index in [2.05, 4.69) is 21.0 Å². The summed E-state index contributed by atoms with van der Waals surface area (Å²) in [5, 5.41) is 13.4. The first-order valence-electron chi connectivity index (χ1n) is 4.55. The van der Waals surface area contributed by atoms with Gasteiger partial charge in [-0.2, -0.15) is 5.10 Å². The first-order chi connectivity index (χ1) is 6.61. The third kappa shape index (κ3) is 2.04. The number of aryl methyl sites for hydroxylation is 1. The Kier molecular flexibility index (Phi) is 3.83. The highest BCUT2D eigenvalue weighted by atomic mass is 79.9. The van der Waals surface area contributed by atoms with E-state index in [1.54, 1.807) is 17.8 Å². The maximum atomic E-state index is 11.7. The van der Waals surface area contributed by atoms with Crippen molar-refractivity contribution < 1.29 is 9.90 Å². The SMILES string of the molecule is CCC(O)C(=O)c1c(Br)cnn1CC. The lowest BCUT2D eigenvalue weighted by Gasteiger charge is -2.08. The number of carbonyl (C=O) groups is 1. The van der Waals surface area contributed by atoms with E-state index in [-0.39, 0.29) is 5.78 Å². The van der Waals surface area contributed by atoms with Crippen molar-refractivity contribution in [2.75, 3.05) is 0 Å². The predicted octanol–water partition coefficient (Wildman–Crippen LogP) is 1.62. The van der Waals surface area contributed by atoms with Crippen LogP contribution in [0.3, 0.4) is 0 Å². The van der Waals surface area contributed by atoms with Crippen molar-refractivity contribution in [3.05, 3.63) is 16.4 Å². The van der Waals surface area contributed by atoms with E-state index in [4.69, 9.17) is 0 Å². The van der Waals surface area contributed by atoms with E-state index in [1.165, 1.54) is 0 Å². The summed E-state index contributed by atoms with van der Waals surface area (Å²) in [5.74, 6) is -0.279. The van der Waals surface area contributed by atoms with Gasteiger partial charge in [-0.3, -0.25) is 9.48 Å². The number of halogens is 1. The van der Waals surface area contributed by atoms with Crippen molar-refractivity contribution in [3.8, 4) is 0 Å². The molecule has 5 heteroatoms. The monoisotopic (exact) mass is 260 g/mol. The molecule has 1 rings (SSSR count). The molecule has 0 saturated heterocycles. The number of aliphatic hydroxyl groups excluding tert-OH is 1. The summed E-state index contributed by atoms with van der Waals surface area (Å²) >= 11 is 3.24. The minimum absolute atomic E-state index is 0.279. The summed E-state index contributed by atoms with van der Waals surface area (Å²) in [6, 6.07) is 0. The van der Waals surface area contributed by atoms with Gasteiger partial charge in [0.2, 0.25) is 5.78 Å². The van der Waals surface area contributed by atoms with Gasteiger partial charge in [-0.1, -0.05) is 6.92 Å². The molecule has 0 aliphatic heterocycles. The molecule has 0 bridgehead atoms. The normalized spacial score (nSPS) is 12.9. The minimum atomic E-state index is -0.937. The number of ketones is 1. The second kappa shape index (κ2) is 4.70. The standard InChI is InChI=1S/C9H13BrN2O2/c1-3-7(13)9(14)8-6(10)5-11-12(8)4-2/h5,7,13H,3-4H2,1-2H3. The van der Waals surface area contributed by atoms with Crippen LogP contribution in [0.5, 0.6) is 0 Å². The van der Waals surface area contributed by atoms with Crippen LogP contribution in [-0.2, 0) is 6.54 Å². The Morgan fingerprint density at radius 1 is 1.71 bits per heavy atom. The fourth-order valence-corrected chi connectivity index (χ4v) is 1.68. The molecule has 0 fully saturated rings. The summed E-state index contributed by atoms with van der Waals surface area (Å²) < 4.78 is 2.21. The van der Waals surface area contributed by atoms with Gasteiger partial charge in [0.25, 0.3) is 0 Å². The highest BCUT2D eigenvalue weighted by molar-refractivity contribution is 9.10. The minimum Gasteiger partial charge on any atom is -0.385 e. The molecular weight excluding hydrogens is 248 g/mol. The molecule has 78 valence electrons. The quantitative estimate of drug-likeness (QED) is 0.838. The lowest BCUT2D eigenvalue weighted by atomic mass is 10.1. The lowest BCUT2D eigenvalue weighted by molar-refractivity contribution is 0.0728. The summed E-state index contributed by atoms with van der Waals surface area (Å²) in [6.45, 7) is 4.28. The number of hydrogen-bond acceptors (Lipinski definition) is 3. The fraction of sp³-hybridized carbons (Fsp3) is 0.556. The van der Waals surface area contributed by atoms with Crippen LogP contribution in [0.2, 0.25) is 0 Å². The van der Waals surface area contributed by atoms with Gasteiger partial charge >= 0.3 is 0 Å². The van der Waals surface area contributed by atoms with Crippen LogP contribution >= 0.6 is 15.9 Å². The van der Waals surface area contributed by atoms with Crippen LogP contribution in [0.25, 0.3) is 0 Å². The van der Waals surface area contributed by atoms with Crippen LogP contribution in [0.15, 0.2) is 10.7 Å². The molecule has 1 atom stereocenters.